The van der Waals surface area contributed by atoms with E-state index in [1.165, 1.54) is 12.7 Å². The number of benzene rings is 1. The molecule has 1 aromatic rings. The van der Waals surface area contributed by atoms with Crippen molar-refractivity contribution in [1.82, 2.24) is 5.32 Å². The molecule has 0 unspecified atom stereocenters. The topological polar surface area (TPSA) is 105 Å². The second kappa shape index (κ2) is 12.4. The van der Waals surface area contributed by atoms with Crippen molar-refractivity contribution in [3.63, 3.8) is 0 Å². The first-order valence-corrected chi connectivity index (χ1v) is 12.4. The summed E-state index contributed by atoms with van der Waals surface area (Å²) in [5.74, 6) is 0.831. The van der Waals surface area contributed by atoms with Crippen LogP contribution in [0.4, 0.5) is 0 Å². The van der Waals surface area contributed by atoms with Gasteiger partial charge < -0.3 is 25.0 Å². The number of unbranched alkanes of at least 4 members (excludes halogenated alkanes) is 2. The molecule has 0 aliphatic heterocycles. The van der Waals surface area contributed by atoms with Gasteiger partial charge in [0.05, 0.1) is 13.2 Å². The van der Waals surface area contributed by atoms with Crippen LogP contribution in [0, 0.1) is 11.8 Å². The lowest BCUT2D eigenvalue weighted by molar-refractivity contribution is -0.141. The number of methoxy groups -OCH3 is 1. The van der Waals surface area contributed by atoms with E-state index >= 15 is 0 Å². The summed E-state index contributed by atoms with van der Waals surface area (Å²) in [7, 11) is 2.14. The van der Waals surface area contributed by atoms with Crippen LogP contribution in [0.15, 0.2) is 18.2 Å². The van der Waals surface area contributed by atoms with Crippen molar-refractivity contribution in [3.05, 3.63) is 29.3 Å². The largest absolute Gasteiger partial charge is 0.483 e. The minimum Gasteiger partial charge on any atom is -0.483 e. The molecule has 1 amide bonds. The van der Waals surface area contributed by atoms with Crippen LogP contribution in [0.5, 0.6) is 5.75 Å². The van der Waals surface area contributed by atoms with Gasteiger partial charge in [0.25, 0.3) is 5.91 Å². The number of ether oxygens (including phenoxy) is 2. The van der Waals surface area contributed by atoms with Crippen molar-refractivity contribution in [2.75, 3.05) is 20.3 Å². The van der Waals surface area contributed by atoms with Crippen LogP contribution >= 0.6 is 0 Å². The summed E-state index contributed by atoms with van der Waals surface area (Å²) in [6.07, 6.45) is 6.86. The summed E-state index contributed by atoms with van der Waals surface area (Å²) in [4.78, 5) is 23.2. The predicted octanol–water partition coefficient (Wildman–Crippen LogP) is 2.03. The molecule has 5 atom stereocenters. The van der Waals surface area contributed by atoms with Gasteiger partial charge in [-0.1, -0.05) is 44.6 Å². The van der Waals surface area contributed by atoms with Gasteiger partial charge in [0, 0.05) is 6.10 Å². The molecule has 33 heavy (non-hydrogen) atoms. The highest BCUT2D eigenvalue weighted by molar-refractivity contribution is 6.38. The van der Waals surface area contributed by atoms with E-state index in [0.717, 1.165) is 64.1 Å². The number of nitrogens with one attached hydrogen (secondary N) is 1. The molecule has 8 heteroatoms. The lowest BCUT2D eigenvalue weighted by atomic mass is 9.54. The summed E-state index contributed by atoms with van der Waals surface area (Å²) >= 11 is 0. The van der Waals surface area contributed by atoms with Crippen molar-refractivity contribution >= 4 is 19.2 Å². The lowest BCUT2D eigenvalue weighted by Gasteiger charge is -2.32. The Kier molecular flexibility index (Phi) is 9.62. The highest BCUT2D eigenvalue weighted by Crippen LogP contribution is 2.49. The minimum absolute atomic E-state index is 0.164. The fraction of sp³-hybridized carbons (Fsp3) is 0.680. The molecular formula is C25H38BNO6. The van der Waals surface area contributed by atoms with Gasteiger partial charge in [0.2, 0.25) is 0 Å². The fourth-order valence-corrected chi connectivity index (χ4v) is 5.54. The zero-order chi connectivity index (χ0) is 23.8. The zero-order valence-electron chi connectivity index (χ0n) is 19.9. The second-order valence-corrected chi connectivity index (χ2v) is 9.56. The van der Waals surface area contributed by atoms with E-state index in [0.29, 0.717) is 17.6 Å². The van der Waals surface area contributed by atoms with Gasteiger partial charge in [-0.25, -0.2) is 0 Å². The van der Waals surface area contributed by atoms with Crippen LogP contribution in [-0.4, -0.2) is 61.8 Å². The summed E-state index contributed by atoms with van der Waals surface area (Å²) in [6, 6.07) is 5.93. The number of amides is 1. The third kappa shape index (κ3) is 6.96. The van der Waals surface area contributed by atoms with Gasteiger partial charge in [-0.15, -0.1) is 0 Å². The van der Waals surface area contributed by atoms with E-state index < -0.39 is 5.97 Å². The Hall–Kier alpha value is -2.06. The van der Waals surface area contributed by atoms with E-state index in [1.807, 2.05) is 12.1 Å². The highest BCUT2D eigenvalue weighted by atomic mass is 16.5. The van der Waals surface area contributed by atoms with E-state index in [9.17, 15) is 19.8 Å². The Morgan fingerprint density at radius 3 is 2.85 bits per heavy atom. The number of rotatable bonds is 12. The first kappa shape index (κ1) is 25.6. The quantitative estimate of drug-likeness (QED) is 0.251. The molecule has 0 aromatic heterocycles. The van der Waals surface area contributed by atoms with Crippen LogP contribution in [0.2, 0.25) is 12.1 Å². The van der Waals surface area contributed by atoms with Crippen LogP contribution in [0.3, 0.4) is 0 Å². The highest BCUT2D eigenvalue weighted by Gasteiger charge is 2.45. The van der Waals surface area contributed by atoms with Crippen LogP contribution in [-0.2, 0) is 27.2 Å². The number of esters is 1. The predicted molar refractivity (Wildman–Crippen MR) is 128 cm³/mol. The molecule has 7 nitrogen and oxygen atoms in total. The minimum atomic E-state index is -0.505. The molecule has 0 saturated heterocycles. The average molecular weight is 459 g/mol. The molecular weight excluding hydrogens is 421 g/mol. The van der Waals surface area contributed by atoms with E-state index in [4.69, 9.17) is 4.74 Å². The van der Waals surface area contributed by atoms with Crippen molar-refractivity contribution in [2.45, 2.75) is 76.2 Å². The molecule has 2 aliphatic rings. The summed E-state index contributed by atoms with van der Waals surface area (Å²) in [5.41, 5.74) is 2.33. The normalized spacial score (nSPS) is 24.4. The Labute approximate surface area is 197 Å². The summed E-state index contributed by atoms with van der Waals surface area (Å²) in [5, 5.41) is 23.6. The maximum atomic E-state index is 12.0. The van der Waals surface area contributed by atoms with Crippen LogP contribution < -0.4 is 10.1 Å². The SMILES string of the molecule is CCCCC[C@H](O)CB[C@@H]1[C@H]2Cc3cccc(OCC(=O)NCC(=O)OC)c3C[C@H]2C[C@H]1O. The molecule has 1 fully saturated rings. The molecule has 182 valence electrons. The first-order valence-electron chi connectivity index (χ1n) is 12.4. The maximum absolute atomic E-state index is 12.0. The lowest BCUT2D eigenvalue weighted by Crippen LogP contribution is -2.34. The fourth-order valence-electron chi connectivity index (χ4n) is 5.54. The van der Waals surface area contributed by atoms with Gasteiger partial charge >= 0.3 is 5.97 Å². The van der Waals surface area contributed by atoms with E-state index in [-0.39, 0.29) is 37.1 Å². The second-order valence-electron chi connectivity index (χ2n) is 9.56. The number of aliphatic hydroxyl groups is 2. The average Bonchev–Trinajstić information content (AvgIpc) is 3.12. The number of carbonyl (C=O) groups is 2. The number of hydrogen-bond acceptors (Lipinski definition) is 6. The van der Waals surface area contributed by atoms with Gasteiger partial charge in [-0.05, 0) is 60.5 Å². The third-order valence-corrected chi connectivity index (χ3v) is 7.34. The smallest absolute Gasteiger partial charge is 0.325 e. The standard InChI is InChI=1S/C25H38BNO6/c1-3-4-5-8-18(28)13-26-25-20-10-16-7-6-9-22(19(16)11-17(20)12-21(25)29)33-15-23(30)27-14-24(31)32-2/h6-7,9,17-18,20-21,25-26,28-29H,3-5,8,10-15H2,1-2H3,(H,27,30)/t17-,18-,20-,21+,25+/m0/s1. The van der Waals surface area contributed by atoms with E-state index in [1.54, 1.807) is 0 Å². The maximum Gasteiger partial charge on any atom is 0.325 e. The first-order chi connectivity index (χ1) is 15.9. The number of fused-ring (bicyclic) bond motifs is 2. The molecule has 3 N–H and O–H groups in total. The van der Waals surface area contributed by atoms with E-state index in [2.05, 4.69) is 23.0 Å². The van der Waals surface area contributed by atoms with Gasteiger partial charge in [-0.3, -0.25) is 9.59 Å². The monoisotopic (exact) mass is 459 g/mol. The summed E-state index contributed by atoms with van der Waals surface area (Å²) in [6.45, 7) is 1.82. The molecule has 0 radical (unpaired) electrons. The molecule has 1 aromatic carbocycles. The summed E-state index contributed by atoms with van der Waals surface area (Å²) < 4.78 is 10.3. The molecule has 0 spiro atoms. The Balaban J connectivity index is 1.57. The van der Waals surface area contributed by atoms with Crippen LogP contribution in [0.25, 0.3) is 0 Å². The van der Waals surface area contributed by atoms with Crippen molar-refractivity contribution in [2.24, 2.45) is 11.8 Å². The molecule has 3 rings (SSSR count). The molecule has 0 bridgehead atoms. The zero-order valence-corrected chi connectivity index (χ0v) is 19.9. The Morgan fingerprint density at radius 2 is 2.09 bits per heavy atom. The number of hydrogen-bond donors (Lipinski definition) is 3. The molecule has 0 heterocycles. The number of carbonyl (C=O) groups excluding carboxylic acids is 2. The van der Waals surface area contributed by atoms with Crippen molar-refractivity contribution < 1.29 is 29.3 Å². The number of aliphatic hydroxyl groups excluding tert-OH is 2. The van der Waals surface area contributed by atoms with Crippen molar-refractivity contribution in [3.8, 4) is 5.75 Å². The van der Waals surface area contributed by atoms with Gasteiger partial charge in [0.15, 0.2) is 6.61 Å². The Morgan fingerprint density at radius 1 is 1.27 bits per heavy atom. The molecule has 2 aliphatic carbocycles. The molecule has 1 saturated carbocycles. The van der Waals surface area contributed by atoms with Gasteiger partial charge in [-0.2, -0.15) is 0 Å². The third-order valence-electron chi connectivity index (χ3n) is 7.34. The Bertz CT molecular complexity index is 803. The van der Waals surface area contributed by atoms with Crippen molar-refractivity contribution in [1.29, 1.82) is 0 Å². The van der Waals surface area contributed by atoms with Gasteiger partial charge in [0.1, 0.15) is 19.6 Å². The van der Waals surface area contributed by atoms with Crippen LogP contribution in [0.1, 0.15) is 50.2 Å².